The van der Waals surface area contributed by atoms with Crippen molar-refractivity contribution in [1.82, 2.24) is 0 Å². The third kappa shape index (κ3) is 8.85. The van der Waals surface area contributed by atoms with Crippen LogP contribution in [-0.2, 0) is 19.5 Å². The van der Waals surface area contributed by atoms with Crippen molar-refractivity contribution in [1.29, 1.82) is 0 Å². The summed E-state index contributed by atoms with van der Waals surface area (Å²) < 4.78 is 0. The summed E-state index contributed by atoms with van der Waals surface area (Å²) in [5.74, 6) is 0. The minimum atomic E-state index is 0. The van der Waals surface area contributed by atoms with E-state index in [1.807, 2.05) is 0 Å². The summed E-state index contributed by atoms with van der Waals surface area (Å²) in [5.41, 5.74) is 0. The second-order valence-corrected chi connectivity index (χ2v) is 0. The summed E-state index contributed by atoms with van der Waals surface area (Å²) in [6.07, 6.45) is 0. The molecule has 0 atom stereocenters. The Morgan fingerprint density at radius 2 is 1.00 bits per heavy atom. The molecule has 0 aliphatic carbocycles. The first-order valence-electron chi connectivity index (χ1n) is 0. The summed E-state index contributed by atoms with van der Waals surface area (Å²) in [7, 11) is 0. The average Bonchev–Trinajstić information content (AvgIpc) is 0. The van der Waals surface area contributed by atoms with E-state index in [2.05, 4.69) is 0 Å². The molecular weight excluding hydrogens is 311 g/mol. The van der Waals surface area contributed by atoms with Gasteiger partial charge in [-0.2, -0.15) is 0 Å². The van der Waals surface area contributed by atoms with Crippen molar-refractivity contribution >= 4 is 49.8 Å². The third-order valence-corrected chi connectivity index (χ3v) is 0. The van der Waals surface area contributed by atoms with Gasteiger partial charge in [0.1, 0.15) is 0 Å². The first-order valence-corrected chi connectivity index (χ1v) is 0. The van der Waals surface area contributed by atoms with Gasteiger partial charge in [0.15, 0.2) is 0 Å². The SMILES string of the molecule is C.[InH3].[SnH2].[Zn]. The molecule has 0 bridgehead atoms. The second-order valence-electron chi connectivity index (χ2n) is 0. The van der Waals surface area contributed by atoms with Gasteiger partial charge in [-0.1, -0.05) is 7.43 Å². The predicted molar refractivity (Wildman–Crippen MR) is 25.2 cm³/mol. The molecular formula is CH9InSnZn. The minimum absolute atomic E-state index is 0. The maximum absolute atomic E-state index is 0. The molecule has 0 aromatic heterocycles. The zero-order chi connectivity index (χ0) is 0. The van der Waals surface area contributed by atoms with E-state index in [4.69, 9.17) is 0 Å². The van der Waals surface area contributed by atoms with Gasteiger partial charge in [0.2, 0.25) is 0 Å². The molecule has 0 heterocycles. The summed E-state index contributed by atoms with van der Waals surface area (Å²) in [6, 6.07) is 0. The Labute approximate surface area is 75.6 Å². The molecule has 0 aliphatic heterocycles. The maximum Gasteiger partial charge on any atom is 0 e. The van der Waals surface area contributed by atoms with Crippen LogP contribution in [0.15, 0.2) is 0 Å². The van der Waals surface area contributed by atoms with Gasteiger partial charge in [-0.15, -0.1) is 0 Å². The molecule has 0 spiro atoms. The van der Waals surface area contributed by atoms with Crippen LogP contribution < -0.4 is 0 Å². The standard InChI is InChI=1S/CH4.In.Sn.Zn.5H/h1H4;;;;;;;;. The summed E-state index contributed by atoms with van der Waals surface area (Å²) >= 11 is 0. The Kier molecular flexibility index (Phi) is 156. The Morgan fingerprint density at radius 3 is 1.00 bits per heavy atom. The predicted octanol–water partition coefficient (Wildman–Crippen LogP) is -1.47. The van der Waals surface area contributed by atoms with E-state index < -0.39 is 0 Å². The fourth-order valence-corrected chi connectivity index (χ4v) is 0. The van der Waals surface area contributed by atoms with E-state index in [1.165, 1.54) is 0 Å². The molecule has 0 nitrogen and oxygen atoms in total. The molecule has 3 heteroatoms. The van der Waals surface area contributed by atoms with Crippen LogP contribution in [0.5, 0.6) is 0 Å². The fraction of sp³-hybridized carbons (Fsp3) is 1.00. The molecule has 0 fully saturated rings. The monoisotopic (exact) mass is 320 g/mol. The van der Waals surface area contributed by atoms with E-state index in [0.717, 1.165) is 0 Å². The summed E-state index contributed by atoms with van der Waals surface area (Å²) in [6.45, 7) is 0. The van der Waals surface area contributed by atoms with E-state index in [9.17, 15) is 0 Å². The smallest absolute Gasteiger partial charge is 0 e. The van der Waals surface area contributed by atoms with E-state index in [0.29, 0.717) is 0 Å². The summed E-state index contributed by atoms with van der Waals surface area (Å²) in [5, 5.41) is 0. The molecule has 0 aromatic carbocycles. The first-order chi connectivity index (χ1) is 0. The van der Waals surface area contributed by atoms with Gasteiger partial charge in [0, 0.05) is 19.5 Å². The van der Waals surface area contributed by atoms with Gasteiger partial charge in [0.25, 0.3) is 0 Å². The van der Waals surface area contributed by atoms with Crippen LogP contribution in [0, 0.1) is 0 Å². The molecule has 4 heavy (non-hydrogen) atoms. The molecule has 0 unspecified atom stereocenters. The van der Waals surface area contributed by atoms with Gasteiger partial charge in [-0.3, -0.25) is 0 Å². The van der Waals surface area contributed by atoms with Crippen LogP contribution in [0.1, 0.15) is 7.43 Å². The number of hydrogen-bond donors (Lipinski definition) is 0. The molecule has 0 saturated heterocycles. The maximum atomic E-state index is 0. The zero-order valence-corrected chi connectivity index (χ0v) is 8.42. The molecule has 0 saturated carbocycles. The van der Waals surface area contributed by atoms with Crippen molar-refractivity contribution in [3.63, 3.8) is 0 Å². The normalized spacial score (nSPS) is 0. The van der Waals surface area contributed by atoms with E-state index in [1.54, 1.807) is 0 Å². The molecule has 0 aliphatic rings. The van der Waals surface area contributed by atoms with Crippen molar-refractivity contribution in [3.05, 3.63) is 0 Å². The first kappa shape index (κ1) is 33.5. The molecule has 0 aromatic rings. The second kappa shape index (κ2) is 18.6. The van der Waals surface area contributed by atoms with Crippen LogP contribution in [0.25, 0.3) is 0 Å². The Hall–Kier alpha value is 2.29. The van der Waals surface area contributed by atoms with Gasteiger partial charge >= 0.3 is 49.8 Å². The molecule has 2 radical (unpaired) electrons. The van der Waals surface area contributed by atoms with Crippen LogP contribution in [0.4, 0.5) is 0 Å². The van der Waals surface area contributed by atoms with E-state index >= 15 is 0 Å². The van der Waals surface area contributed by atoms with Crippen LogP contribution >= 0.6 is 0 Å². The minimum Gasteiger partial charge on any atom is 0 e. The zero-order valence-electron chi connectivity index (χ0n) is 1.41. The van der Waals surface area contributed by atoms with Crippen LogP contribution in [-0.4, -0.2) is 49.8 Å². The van der Waals surface area contributed by atoms with Crippen LogP contribution in [0.3, 0.4) is 0 Å². The van der Waals surface area contributed by atoms with Crippen molar-refractivity contribution in [2.45, 2.75) is 7.43 Å². The molecule has 0 rings (SSSR count). The largest absolute Gasteiger partial charge is 0 e. The van der Waals surface area contributed by atoms with Crippen molar-refractivity contribution < 1.29 is 19.5 Å². The number of hydrogen-bond acceptors (Lipinski definition) is 0. The quantitative estimate of drug-likeness (QED) is 0.479. The molecule has 0 N–H and O–H groups in total. The van der Waals surface area contributed by atoms with E-state index in [-0.39, 0.29) is 76.7 Å². The third-order valence-electron chi connectivity index (χ3n) is 0. The van der Waals surface area contributed by atoms with Gasteiger partial charge in [-0.25, -0.2) is 0 Å². The van der Waals surface area contributed by atoms with Crippen LogP contribution in [0.2, 0.25) is 0 Å². The Morgan fingerprint density at radius 1 is 1.00 bits per heavy atom. The Bertz CT molecular complexity index is 8.00. The fourth-order valence-electron chi connectivity index (χ4n) is 0. The number of rotatable bonds is 0. The topological polar surface area (TPSA) is 0 Å². The van der Waals surface area contributed by atoms with Gasteiger partial charge in [0.05, 0.1) is 0 Å². The van der Waals surface area contributed by atoms with Crippen molar-refractivity contribution in [2.24, 2.45) is 0 Å². The van der Waals surface area contributed by atoms with Crippen molar-refractivity contribution in [3.8, 4) is 0 Å². The average molecular weight is 320 g/mol. The summed E-state index contributed by atoms with van der Waals surface area (Å²) in [4.78, 5) is 0. The van der Waals surface area contributed by atoms with Gasteiger partial charge < -0.3 is 0 Å². The van der Waals surface area contributed by atoms with Crippen molar-refractivity contribution in [2.75, 3.05) is 0 Å². The molecule has 22 valence electrons. The molecule has 0 amide bonds. The Balaban J connectivity index is 0. The van der Waals surface area contributed by atoms with Gasteiger partial charge in [-0.05, 0) is 0 Å².